The van der Waals surface area contributed by atoms with E-state index in [1.165, 1.54) is 11.3 Å². The third kappa shape index (κ3) is 2.16. The summed E-state index contributed by atoms with van der Waals surface area (Å²) < 4.78 is 0. The molecule has 1 N–H and O–H groups in total. The lowest BCUT2D eigenvalue weighted by molar-refractivity contribution is 0.278. The molecule has 0 saturated carbocycles. The predicted octanol–water partition coefficient (Wildman–Crippen LogP) is 3.61. The van der Waals surface area contributed by atoms with Gasteiger partial charge in [-0.1, -0.05) is 29.3 Å². The van der Waals surface area contributed by atoms with Gasteiger partial charge in [0.15, 0.2) is 0 Å². The second-order valence-corrected chi connectivity index (χ2v) is 4.57. The summed E-state index contributed by atoms with van der Waals surface area (Å²) in [6.45, 7) is -0.0709. The van der Waals surface area contributed by atoms with Crippen LogP contribution in [0.4, 0.5) is 0 Å². The fourth-order valence-corrected chi connectivity index (χ4v) is 2.77. The van der Waals surface area contributed by atoms with Crippen molar-refractivity contribution in [3.8, 4) is 10.6 Å². The van der Waals surface area contributed by atoms with E-state index in [2.05, 4.69) is 4.98 Å². The number of aliphatic hydroxyl groups is 1. The van der Waals surface area contributed by atoms with Crippen molar-refractivity contribution >= 4 is 34.5 Å². The molecule has 0 aliphatic rings. The van der Waals surface area contributed by atoms with Crippen molar-refractivity contribution in [2.75, 3.05) is 0 Å². The number of benzene rings is 1. The largest absolute Gasteiger partial charge is 0.390 e. The number of aromatic nitrogens is 1. The molecule has 0 saturated heterocycles. The molecule has 2 aromatic rings. The van der Waals surface area contributed by atoms with Gasteiger partial charge in [0.25, 0.3) is 0 Å². The highest BCUT2D eigenvalue weighted by molar-refractivity contribution is 7.13. The molecule has 2 rings (SSSR count). The maximum Gasteiger partial charge on any atom is 0.126 e. The first-order chi connectivity index (χ1) is 7.22. The summed E-state index contributed by atoms with van der Waals surface area (Å²) in [5.74, 6) is 0. The summed E-state index contributed by atoms with van der Waals surface area (Å²) in [6, 6.07) is 5.32. The second kappa shape index (κ2) is 4.49. The lowest BCUT2D eigenvalue weighted by Gasteiger charge is -2.02. The topological polar surface area (TPSA) is 33.1 Å². The van der Waals surface area contributed by atoms with Gasteiger partial charge in [0, 0.05) is 10.9 Å². The number of halogens is 2. The number of hydrogen-bond acceptors (Lipinski definition) is 3. The Bertz CT molecular complexity index is 464. The predicted molar refractivity (Wildman–Crippen MR) is 63.5 cm³/mol. The Hall–Kier alpha value is -0.610. The summed E-state index contributed by atoms with van der Waals surface area (Å²) in [7, 11) is 0. The Kier molecular flexibility index (Phi) is 3.26. The zero-order valence-corrected chi connectivity index (χ0v) is 9.90. The summed E-state index contributed by atoms with van der Waals surface area (Å²) >= 11 is 13.5. The van der Waals surface area contributed by atoms with Crippen LogP contribution in [0.5, 0.6) is 0 Å². The molecule has 0 radical (unpaired) electrons. The molecule has 1 heterocycles. The third-order valence-electron chi connectivity index (χ3n) is 1.89. The van der Waals surface area contributed by atoms with Crippen molar-refractivity contribution in [3.05, 3.63) is 39.3 Å². The molecule has 78 valence electrons. The molecule has 0 amide bonds. The summed E-state index contributed by atoms with van der Waals surface area (Å²) in [5, 5.41) is 12.6. The van der Waals surface area contributed by atoms with Gasteiger partial charge in [0.2, 0.25) is 0 Å². The highest BCUT2D eigenvalue weighted by Gasteiger charge is 2.11. The number of aliphatic hydroxyl groups excluding tert-OH is 1. The van der Waals surface area contributed by atoms with Crippen LogP contribution in [0.3, 0.4) is 0 Å². The van der Waals surface area contributed by atoms with Gasteiger partial charge in [0.05, 0.1) is 22.3 Å². The van der Waals surface area contributed by atoms with E-state index in [9.17, 15) is 0 Å². The number of hydrogen-bond donors (Lipinski definition) is 1. The first-order valence-corrected chi connectivity index (χ1v) is 5.85. The number of nitrogens with zero attached hydrogens (tertiary/aromatic N) is 1. The highest BCUT2D eigenvalue weighted by Crippen LogP contribution is 2.36. The number of thiazole rings is 1. The monoisotopic (exact) mass is 259 g/mol. The minimum absolute atomic E-state index is 0.0709. The summed E-state index contributed by atoms with van der Waals surface area (Å²) in [4.78, 5) is 4.22. The van der Waals surface area contributed by atoms with Crippen LogP contribution in [0.1, 0.15) is 5.69 Å². The van der Waals surface area contributed by atoms with Crippen LogP contribution in [0, 0.1) is 0 Å². The van der Waals surface area contributed by atoms with E-state index in [0.29, 0.717) is 15.7 Å². The van der Waals surface area contributed by atoms with Gasteiger partial charge < -0.3 is 5.11 Å². The number of rotatable bonds is 2. The van der Waals surface area contributed by atoms with Crippen molar-refractivity contribution in [1.82, 2.24) is 4.98 Å². The molecule has 5 heteroatoms. The van der Waals surface area contributed by atoms with Gasteiger partial charge in [-0.15, -0.1) is 11.3 Å². The molecule has 0 spiro atoms. The van der Waals surface area contributed by atoms with Crippen LogP contribution in [-0.2, 0) is 6.61 Å². The lowest BCUT2D eigenvalue weighted by atomic mass is 10.2. The minimum Gasteiger partial charge on any atom is -0.390 e. The standard InChI is InChI=1S/C10H7Cl2NOS/c11-7-2-1-3-8(12)9(7)10-13-6(4-14)5-15-10/h1-3,5,14H,4H2. The van der Waals surface area contributed by atoms with Gasteiger partial charge in [-0.05, 0) is 12.1 Å². The fourth-order valence-electron chi connectivity index (χ4n) is 1.20. The van der Waals surface area contributed by atoms with E-state index in [1.54, 1.807) is 23.6 Å². The van der Waals surface area contributed by atoms with E-state index >= 15 is 0 Å². The Labute approximate surface area is 101 Å². The Balaban J connectivity index is 2.53. The maximum atomic E-state index is 8.91. The highest BCUT2D eigenvalue weighted by atomic mass is 35.5. The normalized spacial score (nSPS) is 10.6. The maximum absolute atomic E-state index is 8.91. The van der Waals surface area contributed by atoms with Crippen molar-refractivity contribution in [2.45, 2.75) is 6.61 Å². The van der Waals surface area contributed by atoms with Gasteiger partial charge in [0.1, 0.15) is 5.01 Å². The smallest absolute Gasteiger partial charge is 0.126 e. The third-order valence-corrected chi connectivity index (χ3v) is 3.43. The van der Waals surface area contributed by atoms with Gasteiger partial charge in [-0.25, -0.2) is 4.98 Å². The molecule has 15 heavy (non-hydrogen) atoms. The quantitative estimate of drug-likeness (QED) is 0.894. The van der Waals surface area contributed by atoms with E-state index in [0.717, 1.165) is 10.6 Å². The zero-order valence-electron chi connectivity index (χ0n) is 7.58. The second-order valence-electron chi connectivity index (χ2n) is 2.90. The molecule has 0 aliphatic heterocycles. The summed E-state index contributed by atoms with van der Waals surface area (Å²) in [6.07, 6.45) is 0. The van der Waals surface area contributed by atoms with Crippen molar-refractivity contribution in [1.29, 1.82) is 0 Å². The van der Waals surface area contributed by atoms with Crippen LogP contribution < -0.4 is 0 Å². The lowest BCUT2D eigenvalue weighted by Crippen LogP contribution is -1.84. The molecule has 0 aliphatic carbocycles. The van der Waals surface area contributed by atoms with Gasteiger partial charge >= 0.3 is 0 Å². The molecular weight excluding hydrogens is 253 g/mol. The van der Waals surface area contributed by atoms with Crippen molar-refractivity contribution in [3.63, 3.8) is 0 Å². The zero-order chi connectivity index (χ0) is 10.8. The SMILES string of the molecule is OCc1csc(-c2c(Cl)cccc2Cl)n1. The minimum atomic E-state index is -0.0709. The van der Waals surface area contributed by atoms with Crippen LogP contribution in [0.25, 0.3) is 10.6 Å². The van der Waals surface area contributed by atoms with Crippen LogP contribution in [-0.4, -0.2) is 10.1 Å². The van der Waals surface area contributed by atoms with Crippen LogP contribution in [0.15, 0.2) is 23.6 Å². The Morgan fingerprint density at radius 3 is 2.47 bits per heavy atom. The average Bonchev–Trinajstić information content (AvgIpc) is 2.66. The van der Waals surface area contributed by atoms with E-state index in [1.807, 2.05) is 0 Å². The first kappa shape index (κ1) is 10.9. The summed E-state index contributed by atoms with van der Waals surface area (Å²) in [5.41, 5.74) is 1.36. The van der Waals surface area contributed by atoms with E-state index < -0.39 is 0 Å². The fraction of sp³-hybridized carbons (Fsp3) is 0.100. The van der Waals surface area contributed by atoms with E-state index in [-0.39, 0.29) is 6.61 Å². The molecule has 0 atom stereocenters. The van der Waals surface area contributed by atoms with Crippen LogP contribution >= 0.6 is 34.5 Å². The molecule has 1 aromatic heterocycles. The van der Waals surface area contributed by atoms with Gasteiger partial charge in [-0.3, -0.25) is 0 Å². The van der Waals surface area contributed by atoms with Crippen LogP contribution in [0.2, 0.25) is 10.0 Å². The molecule has 0 fully saturated rings. The molecule has 2 nitrogen and oxygen atoms in total. The Morgan fingerprint density at radius 1 is 1.27 bits per heavy atom. The molecular formula is C10H7Cl2NOS. The molecule has 1 aromatic carbocycles. The Morgan fingerprint density at radius 2 is 1.93 bits per heavy atom. The average molecular weight is 260 g/mol. The molecule has 0 unspecified atom stereocenters. The van der Waals surface area contributed by atoms with Gasteiger partial charge in [-0.2, -0.15) is 0 Å². The van der Waals surface area contributed by atoms with E-state index in [4.69, 9.17) is 28.3 Å². The first-order valence-electron chi connectivity index (χ1n) is 4.22. The van der Waals surface area contributed by atoms with Crippen molar-refractivity contribution in [2.24, 2.45) is 0 Å². The molecule has 0 bridgehead atoms. The van der Waals surface area contributed by atoms with Crippen molar-refractivity contribution < 1.29 is 5.11 Å².